The number of nitrogens with one attached hydrogen (secondary N) is 2. The first-order chi connectivity index (χ1) is 12.6. The van der Waals surface area contributed by atoms with Gasteiger partial charge in [0.15, 0.2) is 0 Å². The summed E-state index contributed by atoms with van der Waals surface area (Å²) in [6.07, 6.45) is -0.0281. The Hall–Kier alpha value is -2.74. The molecule has 0 spiro atoms. The van der Waals surface area contributed by atoms with Gasteiger partial charge in [0.1, 0.15) is 16.9 Å². The monoisotopic (exact) mass is 373 g/mol. The molecular formula is C18H19N3O4S. The van der Waals surface area contributed by atoms with E-state index in [0.29, 0.717) is 31.7 Å². The predicted octanol–water partition coefficient (Wildman–Crippen LogP) is 2.82. The zero-order valence-corrected chi connectivity index (χ0v) is 15.1. The van der Waals surface area contributed by atoms with Crippen molar-refractivity contribution in [1.29, 1.82) is 0 Å². The molecule has 2 amide bonds. The highest BCUT2D eigenvalue weighted by molar-refractivity contribution is 7.16. The number of ether oxygens (including phenoxy) is 1. The number of benzene rings is 1. The van der Waals surface area contributed by atoms with Crippen LogP contribution >= 0.6 is 11.3 Å². The highest BCUT2D eigenvalue weighted by Crippen LogP contribution is 2.40. The summed E-state index contributed by atoms with van der Waals surface area (Å²) in [6, 6.07) is 6.73. The zero-order valence-electron chi connectivity index (χ0n) is 14.2. The fourth-order valence-electron chi connectivity index (χ4n) is 3.32. The van der Waals surface area contributed by atoms with Crippen LogP contribution in [0.15, 0.2) is 24.3 Å². The smallest absolute Gasteiger partial charge is 0.410 e. The van der Waals surface area contributed by atoms with Crippen LogP contribution in [0.3, 0.4) is 0 Å². The Bertz CT molecular complexity index is 862. The molecule has 2 aliphatic rings. The van der Waals surface area contributed by atoms with Gasteiger partial charge < -0.3 is 25.4 Å². The number of hydrogen-bond donors (Lipinski definition) is 3. The van der Waals surface area contributed by atoms with Crippen molar-refractivity contribution in [2.24, 2.45) is 0 Å². The van der Waals surface area contributed by atoms with Gasteiger partial charge in [-0.1, -0.05) is 12.1 Å². The van der Waals surface area contributed by atoms with Crippen molar-refractivity contribution in [3.8, 4) is 5.75 Å². The van der Waals surface area contributed by atoms with E-state index in [4.69, 9.17) is 4.74 Å². The molecule has 0 saturated heterocycles. The maximum absolute atomic E-state index is 12.7. The standard InChI is InChI=1S/C18H19N3O4S/c1-2-25-18(24)21-8-7-12-13(9-21)26-17-14(12)16(23)19-15(20-17)10-3-5-11(22)6-4-10/h3-6,15,20,22H,2,7-9H2,1H3,(H,19,23)/t15-/m0/s1. The van der Waals surface area contributed by atoms with E-state index in [2.05, 4.69) is 10.6 Å². The van der Waals surface area contributed by atoms with Gasteiger partial charge in [-0.05, 0) is 36.6 Å². The van der Waals surface area contributed by atoms with Crippen LogP contribution in [-0.4, -0.2) is 35.2 Å². The topological polar surface area (TPSA) is 90.9 Å². The molecule has 0 fully saturated rings. The van der Waals surface area contributed by atoms with Gasteiger partial charge in [0.2, 0.25) is 0 Å². The first-order valence-corrected chi connectivity index (χ1v) is 9.31. The lowest BCUT2D eigenvalue weighted by molar-refractivity contribution is 0.0934. The van der Waals surface area contributed by atoms with Crippen molar-refractivity contribution in [2.75, 3.05) is 18.5 Å². The van der Waals surface area contributed by atoms with Crippen LogP contribution in [0.25, 0.3) is 0 Å². The van der Waals surface area contributed by atoms with Gasteiger partial charge in [0, 0.05) is 11.4 Å². The lowest BCUT2D eigenvalue weighted by Gasteiger charge is -2.28. The quantitative estimate of drug-likeness (QED) is 0.753. The van der Waals surface area contributed by atoms with Crippen LogP contribution in [-0.2, 0) is 17.7 Å². The van der Waals surface area contributed by atoms with Crippen molar-refractivity contribution >= 4 is 28.3 Å². The lowest BCUT2D eigenvalue weighted by Crippen LogP contribution is -2.39. The van der Waals surface area contributed by atoms with Gasteiger partial charge in [0.25, 0.3) is 5.91 Å². The number of fused-ring (bicyclic) bond motifs is 3. The predicted molar refractivity (Wildman–Crippen MR) is 97.4 cm³/mol. The van der Waals surface area contributed by atoms with Crippen molar-refractivity contribution in [3.05, 3.63) is 45.8 Å². The highest BCUT2D eigenvalue weighted by Gasteiger charge is 2.34. The molecule has 1 aromatic carbocycles. The second-order valence-corrected chi connectivity index (χ2v) is 7.33. The van der Waals surface area contributed by atoms with Gasteiger partial charge in [0.05, 0.1) is 18.7 Å². The third kappa shape index (κ3) is 2.86. The Morgan fingerprint density at radius 2 is 2.12 bits per heavy atom. The van der Waals surface area contributed by atoms with Crippen LogP contribution in [0.2, 0.25) is 0 Å². The minimum absolute atomic E-state index is 0.112. The fourth-order valence-corrected chi connectivity index (χ4v) is 4.61. The summed E-state index contributed by atoms with van der Waals surface area (Å²) in [5, 5.41) is 16.6. The van der Waals surface area contributed by atoms with Crippen LogP contribution in [0, 0.1) is 0 Å². The Balaban J connectivity index is 1.59. The number of phenols is 1. The van der Waals surface area contributed by atoms with E-state index in [9.17, 15) is 14.7 Å². The van der Waals surface area contributed by atoms with E-state index in [-0.39, 0.29) is 23.9 Å². The first-order valence-electron chi connectivity index (χ1n) is 8.49. The Morgan fingerprint density at radius 1 is 1.35 bits per heavy atom. The molecule has 136 valence electrons. The van der Waals surface area contributed by atoms with Gasteiger partial charge in [-0.15, -0.1) is 11.3 Å². The summed E-state index contributed by atoms with van der Waals surface area (Å²) in [7, 11) is 0. The van der Waals surface area contributed by atoms with Crippen molar-refractivity contribution in [2.45, 2.75) is 26.1 Å². The van der Waals surface area contributed by atoms with E-state index in [1.54, 1.807) is 36.1 Å². The largest absolute Gasteiger partial charge is 0.508 e. The lowest BCUT2D eigenvalue weighted by atomic mass is 10.0. The molecule has 0 saturated carbocycles. The molecule has 8 heteroatoms. The number of carbonyl (C=O) groups excluding carboxylic acids is 2. The number of phenolic OH excluding ortho intramolecular Hbond substituents is 1. The summed E-state index contributed by atoms with van der Waals surface area (Å²) >= 11 is 1.51. The van der Waals surface area contributed by atoms with E-state index < -0.39 is 0 Å². The molecule has 1 atom stereocenters. The zero-order chi connectivity index (χ0) is 18.3. The molecule has 7 nitrogen and oxygen atoms in total. The van der Waals surface area contributed by atoms with Gasteiger partial charge in [-0.2, -0.15) is 0 Å². The van der Waals surface area contributed by atoms with Gasteiger partial charge in [-0.3, -0.25) is 4.79 Å². The molecule has 3 N–H and O–H groups in total. The summed E-state index contributed by atoms with van der Waals surface area (Å²) < 4.78 is 5.08. The van der Waals surface area contributed by atoms with Crippen molar-refractivity contribution < 1.29 is 19.4 Å². The highest BCUT2D eigenvalue weighted by atomic mass is 32.1. The van der Waals surface area contributed by atoms with Crippen LogP contribution in [0.1, 0.15) is 39.5 Å². The molecule has 2 aliphatic heterocycles. The van der Waals surface area contributed by atoms with E-state index in [0.717, 1.165) is 21.0 Å². The maximum atomic E-state index is 12.7. The molecule has 0 bridgehead atoms. The number of aromatic hydroxyl groups is 1. The van der Waals surface area contributed by atoms with Crippen LogP contribution in [0.5, 0.6) is 5.75 Å². The molecule has 3 heterocycles. The van der Waals surface area contributed by atoms with Crippen LogP contribution < -0.4 is 10.6 Å². The van der Waals surface area contributed by atoms with Crippen molar-refractivity contribution in [1.82, 2.24) is 10.2 Å². The molecule has 0 unspecified atom stereocenters. The number of rotatable bonds is 2. The number of amides is 2. The number of anilines is 1. The summed E-state index contributed by atoms with van der Waals surface area (Å²) in [5.74, 6) is 0.0705. The number of carbonyl (C=O) groups is 2. The summed E-state index contributed by atoms with van der Waals surface area (Å²) in [5.41, 5.74) is 2.56. The average molecular weight is 373 g/mol. The van der Waals surface area contributed by atoms with E-state index in [1.165, 1.54) is 11.3 Å². The third-order valence-corrected chi connectivity index (χ3v) is 5.74. The number of nitrogens with zero attached hydrogens (tertiary/aromatic N) is 1. The van der Waals surface area contributed by atoms with Crippen LogP contribution in [0.4, 0.5) is 9.80 Å². The number of thiophene rings is 1. The second kappa shape index (κ2) is 6.53. The molecular weight excluding hydrogens is 354 g/mol. The van der Waals surface area contributed by atoms with Gasteiger partial charge >= 0.3 is 6.09 Å². The van der Waals surface area contributed by atoms with Gasteiger partial charge in [-0.25, -0.2) is 4.79 Å². The number of hydrogen-bond acceptors (Lipinski definition) is 6. The SMILES string of the molecule is CCOC(=O)N1CCc2c(sc3c2C(=O)N[C@H](c2ccc(O)cc2)N3)C1. The maximum Gasteiger partial charge on any atom is 0.410 e. The van der Waals surface area contributed by atoms with E-state index in [1.807, 2.05) is 0 Å². The molecule has 26 heavy (non-hydrogen) atoms. The summed E-state index contributed by atoms with van der Waals surface area (Å²) in [4.78, 5) is 27.3. The molecule has 4 rings (SSSR count). The normalized spacial score (nSPS) is 18.4. The molecule has 0 aliphatic carbocycles. The minimum atomic E-state index is -0.350. The second-order valence-electron chi connectivity index (χ2n) is 6.22. The Labute approximate surface area is 154 Å². The minimum Gasteiger partial charge on any atom is -0.508 e. The molecule has 0 radical (unpaired) electrons. The summed E-state index contributed by atoms with van der Waals surface area (Å²) in [6.45, 7) is 3.14. The Morgan fingerprint density at radius 3 is 2.85 bits per heavy atom. The molecule has 2 aromatic rings. The fraction of sp³-hybridized carbons (Fsp3) is 0.333. The Kier molecular flexibility index (Phi) is 4.20. The van der Waals surface area contributed by atoms with Crippen molar-refractivity contribution in [3.63, 3.8) is 0 Å². The average Bonchev–Trinajstić information content (AvgIpc) is 3.00. The molecule has 1 aromatic heterocycles. The van der Waals surface area contributed by atoms with E-state index >= 15 is 0 Å². The third-order valence-electron chi connectivity index (χ3n) is 4.59. The first kappa shape index (κ1) is 16.7.